The van der Waals surface area contributed by atoms with Gasteiger partial charge in [-0.1, -0.05) is 36.4 Å². The van der Waals surface area contributed by atoms with Crippen LogP contribution in [0.4, 0.5) is 0 Å². The molecule has 0 saturated carbocycles. The largest absolute Gasteiger partial charge is 0.491 e. The third kappa shape index (κ3) is 3.08. The van der Waals surface area contributed by atoms with E-state index < -0.39 is 0 Å². The minimum absolute atomic E-state index is 0. The summed E-state index contributed by atoms with van der Waals surface area (Å²) in [6.45, 7) is 1.43. The Bertz CT molecular complexity index is 781. The fourth-order valence-electron chi connectivity index (χ4n) is 2.44. The average Bonchev–Trinajstić information content (AvgIpc) is 3.37. The van der Waals surface area contributed by atoms with Crippen molar-refractivity contribution in [2.75, 3.05) is 13.2 Å². The molecule has 1 aliphatic rings. The maximum absolute atomic E-state index is 5.76. The van der Waals surface area contributed by atoms with Crippen LogP contribution in [0.15, 0.2) is 60.8 Å². The molecule has 0 unspecified atom stereocenters. The van der Waals surface area contributed by atoms with E-state index in [1.807, 2.05) is 24.4 Å². The van der Waals surface area contributed by atoms with Crippen molar-refractivity contribution in [3.63, 3.8) is 0 Å². The molecule has 3 nitrogen and oxygen atoms in total. The Kier molecular flexibility index (Phi) is 4.32. The first-order chi connectivity index (χ1) is 10.4. The van der Waals surface area contributed by atoms with Crippen LogP contribution in [0.25, 0.3) is 22.0 Å². The number of para-hydroxylation sites is 1. The Morgan fingerprint density at radius 2 is 1.91 bits per heavy atom. The molecule has 4 rings (SSSR count). The Hall–Kier alpha value is -2.04. The van der Waals surface area contributed by atoms with Crippen LogP contribution in [0, 0.1) is 0 Å². The minimum atomic E-state index is 0. The molecule has 112 valence electrons. The standard InChI is InChI=1S/C18H15NO2.H2S/c1-5-14(10-15(7-1)20-11-16-12-21-16)17-8-2-4-13-6-3-9-19-18(13)17;/h1-10,16H,11-12H2;1H2/t16-;/m0./s1. The molecule has 0 spiro atoms. The first-order valence-electron chi connectivity index (χ1n) is 7.09. The summed E-state index contributed by atoms with van der Waals surface area (Å²) in [6, 6.07) is 18.4. The van der Waals surface area contributed by atoms with Crippen LogP contribution in [0.3, 0.4) is 0 Å². The van der Waals surface area contributed by atoms with E-state index in [0.717, 1.165) is 34.4 Å². The topological polar surface area (TPSA) is 34.6 Å². The monoisotopic (exact) mass is 311 g/mol. The molecule has 1 atom stereocenters. The van der Waals surface area contributed by atoms with Crippen LogP contribution < -0.4 is 4.74 Å². The predicted octanol–water partition coefficient (Wildman–Crippen LogP) is 3.79. The number of benzene rings is 2. The normalized spacial score (nSPS) is 16.1. The van der Waals surface area contributed by atoms with Gasteiger partial charge in [0, 0.05) is 17.1 Å². The number of rotatable bonds is 4. The first-order valence-corrected chi connectivity index (χ1v) is 7.09. The Balaban J connectivity index is 0.00000144. The number of nitrogens with zero attached hydrogens (tertiary/aromatic N) is 1. The summed E-state index contributed by atoms with van der Waals surface area (Å²) in [4.78, 5) is 4.51. The van der Waals surface area contributed by atoms with E-state index in [9.17, 15) is 0 Å². The van der Waals surface area contributed by atoms with E-state index in [1.165, 1.54) is 0 Å². The quantitative estimate of drug-likeness (QED) is 0.688. The lowest BCUT2D eigenvalue weighted by Gasteiger charge is -2.09. The van der Waals surface area contributed by atoms with Gasteiger partial charge in [-0.2, -0.15) is 13.5 Å². The molecule has 1 aliphatic heterocycles. The Morgan fingerprint density at radius 3 is 2.77 bits per heavy atom. The van der Waals surface area contributed by atoms with Crippen LogP contribution in [0.1, 0.15) is 0 Å². The fraction of sp³-hybridized carbons (Fsp3) is 0.167. The van der Waals surface area contributed by atoms with Gasteiger partial charge in [-0.3, -0.25) is 4.98 Å². The van der Waals surface area contributed by atoms with Crippen molar-refractivity contribution in [3.8, 4) is 16.9 Å². The number of ether oxygens (including phenoxy) is 2. The highest BCUT2D eigenvalue weighted by atomic mass is 32.1. The minimum Gasteiger partial charge on any atom is -0.491 e. The van der Waals surface area contributed by atoms with Crippen LogP contribution in [-0.2, 0) is 4.74 Å². The van der Waals surface area contributed by atoms with Gasteiger partial charge in [-0.05, 0) is 23.8 Å². The SMILES string of the molecule is S.c1cc(OC[C@H]2CO2)cc(-c2cccc3cccnc23)c1. The van der Waals surface area contributed by atoms with Gasteiger partial charge in [0.15, 0.2) is 0 Å². The lowest BCUT2D eigenvalue weighted by Crippen LogP contribution is -2.03. The summed E-state index contributed by atoms with van der Waals surface area (Å²) in [5.74, 6) is 0.871. The number of hydrogen-bond acceptors (Lipinski definition) is 3. The molecular weight excluding hydrogens is 294 g/mol. The highest BCUT2D eigenvalue weighted by molar-refractivity contribution is 7.59. The van der Waals surface area contributed by atoms with E-state index in [1.54, 1.807) is 0 Å². The van der Waals surface area contributed by atoms with Crippen molar-refractivity contribution < 1.29 is 9.47 Å². The molecule has 0 amide bonds. The fourth-order valence-corrected chi connectivity index (χ4v) is 2.44. The highest BCUT2D eigenvalue weighted by Crippen LogP contribution is 2.29. The first kappa shape index (κ1) is 14.9. The van der Waals surface area contributed by atoms with Crippen LogP contribution >= 0.6 is 13.5 Å². The zero-order valence-electron chi connectivity index (χ0n) is 12.0. The lowest BCUT2D eigenvalue weighted by atomic mass is 10.0. The summed E-state index contributed by atoms with van der Waals surface area (Å²) in [5.41, 5.74) is 3.26. The molecule has 2 aromatic carbocycles. The van der Waals surface area contributed by atoms with E-state index in [-0.39, 0.29) is 19.6 Å². The van der Waals surface area contributed by atoms with Gasteiger partial charge in [0.25, 0.3) is 0 Å². The second kappa shape index (κ2) is 6.38. The Labute approximate surface area is 136 Å². The van der Waals surface area contributed by atoms with E-state index in [0.29, 0.717) is 6.61 Å². The number of aromatic nitrogens is 1. The molecule has 1 aromatic heterocycles. The summed E-state index contributed by atoms with van der Waals surface area (Å²) in [5, 5.41) is 1.15. The highest BCUT2D eigenvalue weighted by Gasteiger charge is 2.23. The van der Waals surface area contributed by atoms with Crippen molar-refractivity contribution in [1.82, 2.24) is 4.98 Å². The van der Waals surface area contributed by atoms with Gasteiger partial charge < -0.3 is 9.47 Å². The molecule has 1 fully saturated rings. The number of fused-ring (bicyclic) bond motifs is 1. The van der Waals surface area contributed by atoms with E-state index in [2.05, 4.69) is 41.4 Å². The third-order valence-corrected chi connectivity index (χ3v) is 3.62. The van der Waals surface area contributed by atoms with Crippen molar-refractivity contribution >= 4 is 24.4 Å². The predicted molar refractivity (Wildman–Crippen MR) is 92.8 cm³/mol. The molecule has 2 heterocycles. The molecule has 22 heavy (non-hydrogen) atoms. The summed E-state index contributed by atoms with van der Waals surface area (Å²) < 4.78 is 10.9. The number of hydrogen-bond donors (Lipinski definition) is 0. The van der Waals surface area contributed by atoms with Gasteiger partial charge in [0.05, 0.1) is 12.1 Å². The summed E-state index contributed by atoms with van der Waals surface area (Å²) in [7, 11) is 0. The van der Waals surface area contributed by atoms with Gasteiger partial charge in [-0.15, -0.1) is 0 Å². The van der Waals surface area contributed by atoms with Crippen LogP contribution in [0.2, 0.25) is 0 Å². The molecule has 0 radical (unpaired) electrons. The van der Waals surface area contributed by atoms with E-state index in [4.69, 9.17) is 9.47 Å². The van der Waals surface area contributed by atoms with Crippen molar-refractivity contribution in [3.05, 3.63) is 60.8 Å². The third-order valence-electron chi connectivity index (χ3n) is 3.62. The molecular formula is C18H17NO2S. The molecule has 4 heteroatoms. The molecule has 0 aliphatic carbocycles. The van der Waals surface area contributed by atoms with Gasteiger partial charge >= 0.3 is 0 Å². The maximum atomic E-state index is 5.76. The second-order valence-corrected chi connectivity index (χ2v) is 5.17. The second-order valence-electron chi connectivity index (χ2n) is 5.17. The Morgan fingerprint density at radius 1 is 1.09 bits per heavy atom. The van der Waals surface area contributed by atoms with Crippen LogP contribution in [0.5, 0.6) is 5.75 Å². The number of epoxide rings is 1. The maximum Gasteiger partial charge on any atom is 0.120 e. The van der Waals surface area contributed by atoms with Crippen molar-refractivity contribution in [2.24, 2.45) is 0 Å². The average molecular weight is 311 g/mol. The summed E-state index contributed by atoms with van der Waals surface area (Å²) in [6.07, 6.45) is 2.10. The zero-order valence-corrected chi connectivity index (χ0v) is 13.0. The summed E-state index contributed by atoms with van der Waals surface area (Å²) >= 11 is 0. The zero-order chi connectivity index (χ0) is 14.1. The van der Waals surface area contributed by atoms with Gasteiger partial charge in [0.2, 0.25) is 0 Å². The molecule has 3 aromatic rings. The van der Waals surface area contributed by atoms with E-state index >= 15 is 0 Å². The van der Waals surface area contributed by atoms with Crippen LogP contribution in [-0.4, -0.2) is 24.3 Å². The van der Waals surface area contributed by atoms with Gasteiger partial charge in [0.1, 0.15) is 18.5 Å². The molecule has 0 N–H and O–H groups in total. The van der Waals surface area contributed by atoms with Gasteiger partial charge in [-0.25, -0.2) is 0 Å². The van der Waals surface area contributed by atoms with Crippen molar-refractivity contribution in [2.45, 2.75) is 6.10 Å². The van der Waals surface area contributed by atoms with Crippen molar-refractivity contribution in [1.29, 1.82) is 0 Å². The lowest BCUT2D eigenvalue weighted by molar-refractivity contribution is 0.263. The molecule has 0 bridgehead atoms. The smallest absolute Gasteiger partial charge is 0.120 e. The molecule has 1 saturated heterocycles. The number of pyridine rings is 1.